The lowest BCUT2D eigenvalue weighted by molar-refractivity contribution is -0.137. The van der Waals surface area contributed by atoms with Crippen LogP contribution < -0.4 is 5.32 Å². The van der Waals surface area contributed by atoms with Gasteiger partial charge in [0.25, 0.3) is 5.91 Å². The van der Waals surface area contributed by atoms with E-state index in [9.17, 15) is 22.8 Å². The summed E-state index contributed by atoms with van der Waals surface area (Å²) in [4.78, 5) is 36.3. The number of alkyl halides is 3. The third-order valence-corrected chi connectivity index (χ3v) is 6.92. The molecule has 1 fully saturated rings. The molecular weight excluding hydrogens is 503 g/mol. The summed E-state index contributed by atoms with van der Waals surface area (Å²) in [6, 6.07) is 14.1. The molecule has 1 aromatic heterocycles. The van der Waals surface area contributed by atoms with Crippen LogP contribution in [-0.4, -0.2) is 70.8 Å². The second kappa shape index (κ2) is 11.7. The van der Waals surface area contributed by atoms with Crippen molar-refractivity contribution in [1.29, 1.82) is 0 Å². The number of benzene rings is 2. The molecule has 0 aliphatic carbocycles. The van der Waals surface area contributed by atoms with Crippen molar-refractivity contribution in [3.8, 4) is 0 Å². The smallest absolute Gasteiger partial charge is 0.339 e. The van der Waals surface area contributed by atoms with Gasteiger partial charge in [0.15, 0.2) is 5.13 Å². The van der Waals surface area contributed by atoms with Gasteiger partial charge in [-0.3, -0.25) is 9.59 Å². The van der Waals surface area contributed by atoms with Gasteiger partial charge in [0.05, 0.1) is 5.56 Å². The molecule has 0 spiro atoms. The molecule has 0 saturated carbocycles. The summed E-state index contributed by atoms with van der Waals surface area (Å²) in [6.45, 7) is 5.98. The first kappa shape index (κ1) is 26.6. The summed E-state index contributed by atoms with van der Waals surface area (Å²) in [5, 5.41) is 4.66. The fourth-order valence-corrected chi connectivity index (χ4v) is 4.77. The lowest BCUT2D eigenvalue weighted by Gasteiger charge is -2.35. The molecule has 0 radical (unpaired) electrons. The Labute approximate surface area is 217 Å². The highest BCUT2D eigenvalue weighted by Crippen LogP contribution is 2.32. The van der Waals surface area contributed by atoms with Crippen LogP contribution in [0.4, 0.5) is 24.0 Å². The summed E-state index contributed by atoms with van der Waals surface area (Å²) in [5.74, 6) is -0.546. The Hall–Kier alpha value is -3.44. The molecule has 2 amide bonds. The van der Waals surface area contributed by atoms with Crippen LogP contribution in [0, 0.1) is 0 Å². The predicted octanol–water partition coefficient (Wildman–Crippen LogP) is 4.71. The van der Waals surface area contributed by atoms with Gasteiger partial charge >= 0.3 is 6.18 Å². The zero-order chi connectivity index (χ0) is 26.4. The normalized spacial score (nSPS) is 14.4. The summed E-state index contributed by atoms with van der Waals surface area (Å²) >= 11 is 1.11. The van der Waals surface area contributed by atoms with E-state index in [1.54, 1.807) is 10.3 Å². The minimum Gasteiger partial charge on any atom is -0.339 e. The molecular formula is C26H28F3N5O2S. The van der Waals surface area contributed by atoms with Gasteiger partial charge in [0.1, 0.15) is 12.2 Å². The van der Waals surface area contributed by atoms with E-state index in [0.717, 1.165) is 48.7 Å². The van der Waals surface area contributed by atoms with Crippen LogP contribution in [0.1, 0.15) is 28.5 Å². The van der Waals surface area contributed by atoms with Gasteiger partial charge in [-0.15, -0.1) is 11.3 Å². The topological polar surface area (TPSA) is 68.8 Å². The van der Waals surface area contributed by atoms with Crippen molar-refractivity contribution in [3.63, 3.8) is 0 Å². The maximum atomic E-state index is 13.4. The van der Waals surface area contributed by atoms with Crippen molar-refractivity contribution in [2.45, 2.75) is 19.6 Å². The van der Waals surface area contributed by atoms with E-state index in [1.807, 2.05) is 30.3 Å². The molecule has 0 atom stereocenters. The molecule has 0 bridgehead atoms. The van der Waals surface area contributed by atoms with Crippen LogP contribution in [0.3, 0.4) is 0 Å². The van der Waals surface area contributed by atoms with Crippen molar-refractivity contribution in [1.82, 2.24) is 19.7 Å². The number of anilines is 2. The number of carbonyl (C=O) groups is 2. The molecule has 0 unspecified atom stereocenters. The molecule has 2 aromatic carbocycles. The molecule has 1 N–H and O–H groups in total. The Kier molecular flexibility index (Phi) is 8.45. The van der Waals surface area contributed by atoms with E-state index in [1.165, 1.54) is 17.0 Å². The highest BCUT2D eigenvalue weighted by Gasteiger charge is 2.30. The van der Waals surface area contributed by atoms with Crippen LogP contribution in [0.15, 0.2) is 60.0 Å². The van der Waals surface area contributed by atoms with Crippen LogP contribution in [-0.2, 0) is 17.5 Å². The third kappa shape index (κ3) is 7.07. The SMILES string of the molecule is CCN1CCN(C(=O)CN(Cc2ccccc2)C(=O)c2csc(Nc3cccc(C(F)(F)F)c3)n2)CC1. The molecule has 1 saturated heterocycles. The van der Waals surface area contributed by atoms with Gasteiger partial charge in [0.2, 0.25) is 5.91 Å². The fourth-order valence-electron chi connectivity index (χ4n) is 4.07. The van der Waals surface area contributed by atoms with Crippen molar-refractivity contribution in [3.05, 3.63) is 76.8 Å². The van der Waals surface area contributed by atoms with Crippen molar-refractivity contribution in [2.75, 3.05) is 44.6 Å². The number of piperazine rings is 1. The van der Waals surface area contributed by atoms with E-state index in [-0.39, 0.29) is 35.5 Å². The van der Waals surface area contributed by atoms with Crippen LogP contribution >= 0.6 is 11.3 Å². The fraction of sp³-hybridized carbons (Fsp3) is 0.346. The van der Waals surface area contributed by atoms with Crippen molar-refractivity contribution in [2.24, 2.45) is 0 Å². The van der Waals surface area contributed by atoms with Crippen LogP contribution in [0.25, 0.3) is 0 Å². The summed E-state index contributed by atoms with van der Waals surface area (Å²) in [5.41, 5.74) is 0.430. The minimum absolute atomic E-state index is 0.0895. The first-order valence-electron chi connectivity index (χ1n) is 12.0. The zero-order valence-electron chi connectivity index (χ0n) is 20.4. The predicted molar refractivity (Wildman–Crippen MR) is 137 cm³/mol. The van der Waals surface area contributed by atoms with Gasteiger partial charge < -0.3 is 20.0 Å². The Morgan fingerprint density at radius 2 is 1.78 bits per heavy atom. The van der Waals surface area contributed by atoms with E-state index >= 15 is 0 Å². The molecule has 2 heterocycles. The number of thiazole rings is 1. The Bertz CT molecular complexity index is 1210. The minimum atomic E-state index is -4.46. The molecule has 11 heteroatoms. The summed E-state index contributed by atoms with van der Waals surface area (Å²) in [6.07, 6.45) is -4.46. The lowest BCUT2D eigenvalue weighted by atomic mass is 10.2. The molecule has 1 aliphatic heterocycles. The molecule has 37 heavy (non-hydrogen) atoms. The Balaban J connectivity index is 1.48. The first-order valence-corrected chi connectivity index (χ1v) is 12.8. The maximum absolute atomic E-state index is 13.4. The monoisotopic (exact) mass is 531 g/mol. The number of hydrogen-bond donors (Lipinski definition) is 1. The molecule has 7 nitrogen and oxygen atoms in total. The number of hydrogen-bond acceptors (Lipinski definition) is 6. The quantitative estimate of drug-likeness (QED) is 0.456. The lowest BCUT2D eigenvalue weighted by Crippen LogP contribution is -2.51. The third-order valence-electron chi connectivity index (χ3n) is 6.17. The van der Waals surface area contributed by atoms with E-state index < -0.39 is 17.6 Å². The van der Waals surface area contributed by atoms with E-state index in [2.05, 4.69) is 22.1 Å². The Morgan fingerprint density at radius 1 is 1.05 bits per heavy atom. The van der Waals surface area contributed by atoms with Gasteiger partial charge in [-0.2, -0.15) is 13.2 Å². The van der Waals surface area contributed by atoms with Crippen molar-refractivity contribution < 1.29 is 22.8 Å². The van der Waals surface area contributed by atoms with Crippen LogP contribution in [0.5, 0.6) is 0 Å². The van der Waals surface area contributed by atoms with Gasteiger partial charge in [-0.1, -0.05) is 43.3 Å². The largest absolute Gasteiger partial charge is 0.416 e. The first-order chi connectivity index (χ1) is 17.7. The van der Waals surface area contributed by atoms with Crippen LogP contribution in [0.2, 0.25) is 0 Å². The number of rotatable bonds is 8. The molecule has 1 aliphatic rings. The number of carbonyl (C=O) groups excluding carboxylic acids is 2. The number of nitrogens with zero attached hydrogens (tertiary/aromatic N) is 4. The van der Waals surface area contributed by atoms with Crippen molar-refractivity contribution >= 4 is 34.0 Å². The van der Waals surface area contributed by atoms with E-state index in [0.29, 0.717) is 13.1 Å². The second-order valence-corrected chi connectivity index (χ2v) is 9.56. The van der Waals surface area contributed by atoms with Gasteiger partial charge in [-0.25, -0.2) is 4.98 Å². The summed E-state index contributed by atoms with van der Waals surface area (Å²) < 4.78 is 39.1. The number of likely N-dealkylation sites (N-methyl/N-ethyl adjacent to an activating group) is 1. The highest BCUT2D eigenvalue weighted by atomic mass is 32.1. The molecule has 4 rings (SSSR count). The molecule has 196 valence electrons. The maximum Gasteiger partial charge on any atom is 0.416 e. The average Bonchev–Trinajstić information content (AvgIpc) is 3.36. The number of aromatic nitrogens is 1. The standard InChI is InChI=1S/C26H28F3N5O2S/c1-2-32-11-13-33(14-12-32)23(35)17-34(16-19-7-4-3-5-8-19)24(36)22-18-37-25(31-22)30-21-10-6-9-20(15-21)26(27,28)29/h3-10,15,18H,2,11-14,16-17H2,1H3,(H,30,31). The average molecular weight is 532 g/mol. The summed E-state index contributed by atoms with van der Waals surface area (Å²) in [7, 11) is 0. The highest BCUT2D eigenvalue weighted by molar-refractivity contribution is 7.14. The zero-order valence-corrected chi connectivity index (χ0v) is 21.2. The number of amides is 2. The van der Waals surface area contributed by atoms with Gasteiger partial charge in [0, 0.05) is 43.8 Å². The van der Waals surface area contributed by atoms with E-state index in [4.69, 9.17) is 0 Å². The Morgan fingerprint density at radius 3 is 2.46 bits per heavy atom. The number of nitrogens with one attached hydrogen (secondary N) is 1. The number of halogens is 3. The molecule has 3 aromatic rings. The van der Waals surface area contributed by atoms with Gasteiger partial charge in [-0.05, 0) is 30.3 Å². The second-order valence-electron chi connectivity index (χ2n) is 8.70.